The molecule has 3 amide bonds. The van der Waals surface area contributed by atoms with Gasteiger partial charge in [0.05, 0.1) is 0 Å². The zero-order chi connectivity index (χ0) is 13.1. The van der Waals surface area contributed by atoms with Crippen LogP contribution in [-0.2, 0) is 30.7 Å². The molecule has 1 aliphatic heterocycles. The fourth-order valence-electron chi connectivity index (χ4n) is 1.78. The van der Waals surface area contributed by atoms with Crippen molar-refractivity contribution in [2.24, 2.45) is 0 Å². The molecule has 1 aromatic carbocycles. The van der Waals surface area contributed by atoms with Crippen molar-refractivity contribution in [2.75, 3.05) is 0 Å². The molecule has 0 saturated carbocycles. The number of hydrogen-bond acceptors (Lipinski definition) is 3. The number of carbonyl (C=O) groups excluding carboxylic acids is 3. The SMILES string of the molecule is Cc1cc[c-]c(C(=O)NC2CCC(=O)NC2=O)c1.[W]. The van der Waals surface area contributed by atoms with Crippen LogP contribution < -0.4 is 10.6 Å². The molecule has 0 aliphatic carbocycles. The summed E-state index contributed by atoms with van der Waals surface area (Å²) in [6, 6.07) is 7.36. The van der Waals surface area contributed by atoms with Crippen molar-refractivity contribution >= 4 is 17.7 Å². The number of piperidine rings is 1. The van der Waals surface area contributed by atoms with Gasteiger partial charge >= 0.3 is 0 Å². The van der Waals surface area contributed by atoms with Gasteiger partial charge in [0.1, 0.15) is 6.04 Å². The summed E-state index contributed by atoms with van der Waals surface area (Å²) in [5.74, 6) is -1.10. The van der Waals surface area contributed by atoms with E-state index in [1.54, 1.807) is 12.1 Å². The Kier molecular flexibility index (Phi) is 5.42. The first-order valence-electron chi connectivity index (χ1n) is 5.69. The predicted molar refractivity (Wildman–Crippen MR) is 63.7 cm³/mol. The number of benzene rings is 1. The van der Waals surface area contributed by atoms with Gasteiger partial charge in [-0.05, 0) is 6.42 Å². The van der Waals surface area contributed by atoms with Gasteiger partial charge < -0.3 is 10.1 Å². The second-order valence-corrected chi connectivity index (χ2v) is 4.26. The third kappa shape index (κ3) is 4.00. The summed E-state index contributed by atoms with van der Waals surface area (Å²) in [6.45, 7) is 1.87. The van der Waals surface area contributed by atoms with Crippen LogP contribution in [0.4, 0.5) is 0 Å². The largest absolute Gasteiger partial charge is 0.381 e. The summed E-state index contributed by atoms with van der Waals surface area (Å²) in [5.41, 5.74) is 1.34. The second-order valence-electron chi connectivity index (χ2n) is 4.26. The molecule has 1 unspecified atom stereocenters. The number of nitrogens with one attached hydrogen (secondary N) is 2. The van der Waals surface area contributed by atoms with Crippen molar-refractivity contribution in [1.29, 1.82) is 0 Å². The Morgan fingerprint density at radius 2 is 2.21 bits per heavy atom. The molecule has 5 nitrogen and oxygen atoms in total. The molecule has 0 bridgehead atoms. The third-order valence-corrected chi connectivity index (χ3v) is 2.75. The summed E-state index contributed by atoms with van der Waals surface area (Å²) in [4.78, 5) is 34.3. The van der Waals surface area contributed by atoms with E-state index in [2.05, 4.69) is 16.7 Å². The van der Waals surface area contributed by atoms with Crippen LogP contribution in [-0.4, -0.2) is 23.8 Å². The van der Waals surface area contributed by atoms with Gasteiger partial charge in [-0.1, -0.05) is 12.5 Å². The first kappa shape index (κ1) is 15.6. The van der Waals surface area contributed by atoms with Gasteiger partial charge in [0.25, 0.3) is 0 Å². The van der Waals surface area contributed by atoms with Crippen LogP contribution in [0.2, 0.25) is 0 Å². The first-order valence-corrected chi connectivity index (χ1v) is 5.69. The molecule has 19 heavy (non-hydrogen) atoms. The third-order valence-electron chi connectivity index (χ3n) is 2.75. The summed E-state index contributed by atoms with van der Waals surface area (Å²) in [7, 11) is 0. The van der Waals surface area contributed by atoms with Crippen LogP contribution in [0.1, 0.15) is 28.8 Å². The summed E-state index contributed by atoms with van der Waals surface area (Å²) in [6.07, 6.45) is 0.580. The van der Waals surface area contributed by atoms with Gasteiger partial charge in [-0.15, -0.1) is 29.8 Å². The fourth-order valence-corrected chi connectivity index (χ4v) is 1.78. The van der Waals surface area contributed by atoms with Crippen LogP contribution in [0.5, 0.6) is 0 Å². The molecule has 1 heterocycles. The molecule has 1 aromatic rings. The van der Waals surface area contributed by atoms with E-state index in [1.807, 2.05) is 13.0 Å². The Morgan fingerprint density at radius 1 is 1.47 bits per heavy atom. The summed E-state index contributed by atoms with van der Waals surface area (Å²) >= 11 is 0. The van der Waals surface area contributed by atoms with Gasteiger partial charge in [-0.3, -0.25) is 14.9 Å². The standard InChI is InChI=1S/C13H13N2O3.W/c1-8-3-2-4-9(7-8)12(17)14-10-5-6-11(16)15-13(10)18;/h2-3,7,10H,5-6H2,1H3,(H,14,17)(H,15,16,18);/q-1;. The number of amides is 3. The molecule has 2 rings (SSSR count). The Morgan fingerprint density at radius 3 is 2.84 bits per heavy atom. The molecule has 1 fully saturated rings. The first-order chi connectivity index (χ1) is 8.56. The molecule has 1 atom stereocenters. The maximum atomic E-state index is 11.9. The van der Waals surface area contributed by atoms with Gasteiger partial charge in [-0.2, -0.15) is 0 Å². The molecule has 1 aliphatic rings. The van der Waals surface area contributed by atoms with Crippen molar-refractivity contribution in [1.82, 2.24) is 10.6 Å². The Balaban J connectivity index is 0.00000180. The normalized spacial score (nSPS) is 18.3. The van der Waals surface area contributed by atoms with Crippen LogP contribution >= 0.6 is 0 Å². The van der Waals surface area contributed by atoms with E-state index >= 15 is 0 Å². The van der Waals surface area contributed by atoms with Crippen LogP contribution in [0.25, 0.3) is 0 Å². The zero-order valence-corrected chi connectivity index (χ0v) is 13.3. The van der Waals surface area contributed by atoms with E-state index < -0.39 is 11.9 Å². The number of hydrogen-bond donors (Lipinski definition) is 2. The molecule has 6 heteroatoms. The van der Waals surface area contributed by atoms with Crippen molar-refractivity contribution in [2.45, 2.75) is 25.8 Å². The molecule has 0 aromatic heterocycles. The van der Waals surface area contributed by atoms with Gasteiger partial charge in [-0.25, -0.2) is 0 Å². The minimum absolute atomic E-state index is 0. The number of rotatable bonds is 2. The maximum Gasteiger partial charge on any atom is 0.248 e. The quantitative estimate of drug-likeness (QED) is 0.526. The second kappa shape index (κ2) is 6.62. The molecular formula is C13H13N2O3W-. The molecule has 100 valence electrons. The van der Waals surface area contributed by atoms with E-state index in [0.29, 0.717) is 12.0 Å². The monoisotopic (exact) mass is 429 g/mol. The Bertz CT molecular complexity index is 516. The molecular weight excluding hydrogens is 416 g/mol. The predicted octanol–water partition coefficient (Wildman–Crippen LogP) is 0.328. The number of imide groups is 1. The topological polar surface area (TPSA) is 75.3 Å². The van der Waals surface area contributed by atoms with E-state index in [1.165, 1.54) is 0 Å². The van der Waals surface area contributed by atoms with Gasteiger partial charge in [0, 0.05) is 27.5 Å². The van der Waals surface area contributed by atoms with Crippen LogP contribution in [0.3, 0.4) is 0 Å². The molecule has 2 N–H and O–H groups in total. The van der Waals surface area contributed by atoms with Crippen molar-refractivity contribution in [3.63, 3.8) is 0 Å². The summed E-state index contributed by atoms with van der Waals surface area (Å²) < 4.78 is 0. The average Bonchev–Trinajstić information content (AvgIpc) is 2.32. The minimum Gasteiger partial charge on any atom is -0.381 e. The smallest absolute Gasteiger partial charge is 0.248 e. The summed E-state index contributed by atoms with van der Waals surface area (Å²) in [5, 5.41) is 4.79. The maximum absolute atomic E-state index is 11.9. The minimum atomic E-state index is -0.649. The van der Waals surface area contributed by atoms with Crippen LogP contribution in [0, 0.1) is 13.0 Å². The van der Waals surface area contributed by atoms with E-state index in [-0.39, 0.29) is 39.3 Å². The average molecular weight is 429 g/mol. The van der Waals surface area contributed by atoms with E-state index in [4.69, 9.17) is 0 Å². The van der Waals surface area contributed by atoms with Crippen molar-refractivity contribution < 1.29 is 35.4 Å². The molecule has 1 saturated heterocycles. The van der Waals surface area contributed by atoms with Crippen molar-refractivity contribution in [3.8, 4) is 0 Å². The molecule has 0 spiro atoms. The van der Waals surface area contributed by atoms with E-state index in [9.17, 15) is 14.4 Å². The fraction of sp³-hybridized carbons (Fsp3) is 0.308. The number of carbonyl (C=O) groups is 3. The van der Waals surface area contributed by atoms with Gasteiger partial charge in [0.15, 0.2) is 5.91 Å². The van der Waals surface area contributed by atoms with Gasteiger partial charge in [0.2, 0.25) is 11.8 Å². The van der Waals surface area contributed by atoms with Crippen LogP contribution in [0.15, 0.2) is 18.2 Å². The van der Waals surface area contributed by atoms with Crippen molar-refractivity contribution in [3.05, 3.63) is 35.4 Å². The Labute approximate surface area is 125 Å². The number of aryl methyl sites for hydroxylation is 1. The van der Waals surface area contributed by atoms with E-state index in [0.717, 1.165) is 5.56 Å². The zero-order valence-electron chi connectivity index (χ0n) is 10.4. The Hall–Kier alpha value is -1.48. The molecule has 0 radical (unpaired) electrons.